The van der Waals surface area contributed by atoms with Crippen molar-refractivity contribution in [2.45, 2.75) is 18.9 Å². The summed E-state index contributed by atoms with van der Waals surface area (Å²) in [4.78, 5) is 19.2. The fourth-order valence-corrected chi connectivity index (χ4v) is 2.29. The second kappa shape index (κ2) is 4.97. The fraction of sp³-hybridized carbons (Fsp3) is 0.333. The van der Waals surface area contributed by atoms with Gasteiger partial charge < -0.3 is 9.72 Å². The highest BCUT2D eigenvalue weighted by Crippen LogP contribution is 2.41. The largest absolute Gasteiger partial charge is 0.373 e. The van der Waals surface area contributed by atoms with Gasteiger partial charge in [0.25, 0.3) is 5.56 Å². The van der Waals surface area contributed by atoms with E-state index in [-0.39, 0.29) is 11.7 Å². The quantitative estimate of drug-likeness (QED) is 0.914. The van der Waals surface area contributed by atoms with Gasteiger partial charge in [-0.1, -0.05) is 30.3 Å². The topological polar surface area (TPSA) is 55.0 Å². The number of rotatable bonds is 4. The molecule has 2 aromatic rings. The van der Waals surface area contributed by atoms with E-state index in [2.05, 4.69) is 9.97 Å². The van der Waals surface area contributed by atoms with E-state index in [1.54, 1.807) is 7.11 Å². The Morgan fingerprint density at radius 3 is 2.68 bits per heavy atom. The molecule has 1 unspecified atom stereocenters. The van der Waals surface area contributed by atoms with Gasteiger partial charge in [0, 0.05) is 18.7 Å². The van der Waals surface area contributed by atoms with Crippen LogP contribution in [-0.2, 0) is 4.74 Å². The van der Waals surface area contributed by atoms with Gasteiger partial charge in [-0.25, -0.2) is 4.98 Å². The van der Waals surface area contributed by atoms with E-state index >= 15 is 0 Å². The first kappa shape index (κ1) is 12.1. The Bertz CT molecular complexity index is 618. The minimum absolute atomic E-state index is 0.101. The maximum absolute atomic E-state index is 11.8. The van der Waals surface area contributed by atoms with Crippen molar-refractivity contribution in [3.8, 4) is 11.3 Å². The predicted octanol–water partition coefficient (Wildman–Crippen LogP) is 2.53. The lowest BCUT2D eigenvalue weighted by atomic mass is 10.1. The Hall–Kier alpha value is -1.94. The first-order valence-corrected chi connectivity index (χ1v) is 6.47. The highest BCUT2D eigenvalue weighted by Gasteiger charge is 2.34. The van der Waals surface area contributed by atoms with E-state index in [1.807, 2.05) is 30.3 Å². The molecule has 1 aromatic carbocycles. The first-order valence-electron chi connectivity index (χ1n) is 6.47. The summed E-state index contributed by atoms with van der Waals surface area (Å²) < 4.78 is 5.47. The Morgan fingerprint density at radius 2 is 2.05 bits per heavy atom. The number of aromatic nitrogens is 2. The summed E-state index contributed by atoms with van der Waals surface area (Å²) in [5, 5.41) is 0. The molecule has 19 heavy (non-hydrogen) atoms. The van der Waals surface area contributed by atoms with E-state index < -0.39 is 0 Å². The Morgan fingerprint density at radius 1 is 1.32 bits per heavy atom. The molecule has 4 nitrogen and oxygen atoms in total. The molecular weight excluding hydrogens is 240 g/mol. The molecule has 1 atom stereocenters. The lowest BCUT2D eigenvalue weighted by Gasteiger charge is -2.14. The van der Waals surface area contributed by atoms with Crippen LogP contribution in [0.3, 0.4) is 0 Å². The highest BCUT2D eigenvalue weighted by molar-refractivity contribution is 5.58. The summed E-state index contributed by atoms with van der Waals surface area (Å²) in [6.07, 6.45) is 2.17. The SMILES string of the molecule is COC(c1nc(-c2ccccc2)cc(=O)[nH]1)C1CC1. The van der Waals surface area contributed by atoms with Crippen LogP contribution in [0.5, 0.6) is 0 Å². The van der Waals surface area contributed by atoms with Gasteiger partial charge in [0.1, 0.15) is 11.9 Å². The Kier molecular flexibility index (Phi) is 3.17. The van der Waals surface area contributed by atoms with Gasteiger partial charge in [0.2, 0.25) is 0 Å². The maximum Gasteiger partial charge on any atom is 0.251 e. The third-order valence-corrected chi connectivity index (χ3v) is 3.40. The summed E-state index contributed by atoms with van der Waals surface area (Å²) in [6, 6.07) is 11.2. The van der Waals surface area contributed by atoms with Gasteiger partial charge >= 0.3 is 0 Å². The molecule has 1 saturated carbocycles. The summed E-state index contributed by atoms with van der Waals surface area (Å²) in [5.41, 5.74) is 1.51. The van der Waals surface area contributed by atoms with Crippen molar-refractivity contribution >= 4 is 0 Å². The number of aromatic amines is 1. The number of nitrogens with zero attached hydrogens (tertiary/aromatic N) is 1. The molecule has 1 aliphatic rings. The van der Waals surface area contributed by atoms with E-state index in [4.69, 9.17) is 4.74 Å². The van der Waals surface area contributed by atoms with Crippen LogP contribution in [-0.4, -0.2) is 17.1 Å². The third-order valence-electron chi connectivity index (χ3n) is 3.40. The maximum atomic E-state index is 11.8. The number of methoxy groups -OCH3 is 1. The highest BCUT2D eigenvalue weighted by atomic mass is 16.5. The molecule has 0 bridgehead atoms. The summed E-state index contributed by atoms with van der Waals surface area (Å²) >= 11 is 0. The smallest absolute Gasteiger partial charge is 0.251 e. The third kappa shape index (κ3) is 2.58. The van der Waals surface area contributed by atoms with Crippen molar-refractivity contribution in [1.82, 2.24) is 9.97 Å². The number of nitrogens with one attached hydrogen (secondary N) is 1. The van der Waals surface area contributed by atoms with E-state index in [1.165, 1.54) is 6.07 Å². The zero-order valence-corrected chi connectivity index (χ0v) is 10.8. The minimum Gasteiger partial charge on any atom is -0.373 e. The average molecular weight is 256 g/mol. The average Bonchev–Trinajstić information content (AvgIpc) is 3.25. The summed E-state index contributed by atoms with van der Waals surface area (Å²) in [7, 11) is 1.66. The number of hydrogen-bond acceptors (Lipinski definition) is 3. The predicted molar refractivity (Wildman–Crippen MR) is 72.8 cm³/mol. The molecule has 98 valence electrons. The normalized spacial score (nSPS) is 16.3. The molecule has 0 amide bonds. The van der Waals surface area contributed by atoms with Gasteiger partial charge in [-0.15, -0.1) is 0 Å². The van der Waals surface area contributed by atoms with Gasteiger partial charge in [-0.3, -0.25) is 4.79 Å². The molecule has 0 radical (unpaired) electrons. The molecule has 1 N–H and O–H groups in total. The van der Waals surface area contributed by atoms with Crippen LogP contribution in [0, 0.1) is 5.92 Å². The van der Waals surface area contributed by atoms with Crippen molar-refractivity contribution in [1.29, 1.82) is 0 Å². The molecule has 4 heteroatoms. The molecule has 0 aliphatic heterocycles. The van der Waals surface area contributed by atoms with Crippen molar-refractivity contribution in [2.24, 2.45) is 5.92 Å². The molecule has 0 saturated heterocycles. The molecular formula is C15H16N2O2. The zero-order valence-electron chi connectivity index (χ0n) is 10.8. The van der Waals surface area contributed by atoms with Crippen LogP contribution in [0.1, 0.15) is 24.8 Å². The lowest BCUT2D eigenvalue weighted by molar-refractivity contribution is 0.0771. The fourth-order valence-electron chi connectivity index (χ4n) is 2.29. The molecule has 1 heterocycles. The van der Waals surface area contributed by atoms with Crippen LogP contribution < -0.4 is 5.56 Å². The van der Waals surface area contributed by atoms with Crippen molar-refractivity contribution in [2.75, 3.05) is 7.11 Å². The van der Waals surface area contributed by atoms with Crippen molar-refractivity contribution in [3.63, 3.8) is 0 Å². The van der Waals surface area contributed by atoms with Crippen LogP contribution in [0.25, 0.3) is 11.3 Å². The second-order valence-corrected chi connectivity index (χ2v) is 4.88. The molecule has 3 rings (SSSR count). The van der Waals surface area contributed by atoms with Crippen LogP contribution >= 0.6 is 0 Å². The number of hydrogen-bond donors (Lipinski definition) is 1. The first-order chi connectivity index (χ1) is 9.28. The Labute approximate surface area is 111 Å². The Balaban J connectivity index is 2.03. The number of H-pyrrole nitrogens is 1. The van der Waals surface area contributed by atoms with Crippen LogP contribution in [0.2, 0.25) is 0 Å². The van der Waals surface area contributed by atoms with E-state index in [0.717, 1.165) is 18.4 Å². The second-order valence-electron chi connectivity index (χ2n) is 4.88. The number of benzene rings is 1. The zero-order chi connectivity index (χ0) is 13.2. The van der Waals surface area contributed by atoms with Crippen LogP contribution in [0.15, 0.2) is 41.2 Å². The van der Waals surface area contributed by atoms with Gasteiger partial charge in [0.05, 0.1) is 5.69 Å². The molecule has 1 aromatic heterocycles. The molecule has 1 aliphatic carbocycles. The van der Waals surface area contributed by atoms with Crippen LogP contribution in [0.4, 0.5) is 0 Å². The van der Waals surface area contributed by atoms with Crippen molar-refractivity contribution in [3.05, 3.63) is 52.6 Å². The summed E-state index contributed by atoms with van der Waals surface area (Å²) in [6.45, 7) is 0. The summed E-state index contributed by atoms with van der Waals surface area (Å²) in [5.74, 6) is 1.12. The van der Waals surface area contributed by atoms with Gasteiger partial charge in [-0.05, 0) is 18.8 Å². The lowest BCUT2D eigenvalue weighted by Crippen LogP contribution is -2.16. The van der Waals surface area contributed by atoms with E-state index in [0.29, 0.717) is 17.4 Å². The van der Waals surface area contributed by atoms with Gasteiger partial charge in [-0.2, -0.15) is 0 Å². The van der Waals surface area contributed by atoms with E-state index in [9.17, 15) is 4.79 Å². The molecule has 0 spiro atoms. The number of ether oxygens (including phenoxy) is 1. The standard InChI is InChI=1S/C15H16N2O2/c1-19-14(11-7-8-11)15-16-12(9-13(18)17-15)10-5-3-2-4-6-10/h2-6,9,11,14H,7-8H2,1H3,(H,16,17,18). The van der Waals surface area contributed by atoms with Crippen molar-refractivity contribution < 1.29 is 4.74 Å². The van der Waals surface area contributed by atoms with Gasteiger partial charge in [0.15, 0.2) is 0 Å². The molecule has 1 fully saturated rings. The minimum atomic E-state index is -0.133. The monoisotopic (exact) mass is 256 g/mol.